The number of likely N-dealkylation sites (tertiary alicyclic amines) is 1. The number of fused-ring (bicyclic) bond motifs is 1. The molecule has 4 rings (SSSR count). The summed E-state index contributed by atoms with van der Waals surface area (Å²) in [6.45, 7) is 3.44. The zero-order chi connectivity index (χ0) is 19.6. The van der Waals surface area contributed by atoms with Gasteiger partial charge in [0.1, 0.15) is 0 Å². The molecule has 0 aromatic heterocycles. The van der Waals surface area contributed by atoms with Crippen LogP contribution in [0, 0.1) is 5.92 Å². The van der Waals surface area contributed by atoms with Gasteiger partial charge >= 0.3 is 0 Å². The zero-order valence-electron chi connectivity index (χ0n) is 16.2. The van der Waals surface area contributed by atoms with Crippen LogP contribution < -0.4 is 0 Å². The van der Waals surface area contributed by atoms with Crippen molar-refractivity contribution < 1.29 is 8.42 Å². The van der Waals surface area contributed by atoms with E-state index in [0.29, 0.717) is 17.4 Å². The van der Waals surface area contributed by atoms with Crippen molar-refractivity contribution in [2.45, 2.75) is 17.9 Å². The van der Waals surface area contributed by atoms with E-state index in [0.717, 1.165) is 36.8 Å². The molecular formula is C23H26N2O2S. The van der Waals surface area contributed by atoms with Crippen LogP contribution >= 0.6 is 0 Å². The first kappa shape index (κ1) is 19.1. The van der Waals surface area contributed by atoms with Gasteiger partial charge in [-0.05, 0) is 47.4 Å². The summed E-state index contributed by atoms with van der Waals surface area (Å²) in [5.41, 5.74) is 1.31. The lowest BCUT2D eigenvalue weighted by Gasteiger charge is -2.22. The molecule has 0 N–H and O–H groups in total. The van der Waals surface area contributed by atoms with Crippen LogP contribution in [0.1, 0.15) is 12.0 Å². The maximum Gasteiger partial charge on any atom is 0.242 e. The molecule has 1 aliphatic heterocycles. The Hall–Kier alpha value is -2.21. The minimum absolute atomic E-state index is 0.365. The number of sulfonamides is 1. The molecule has 0 aliphatic carbocycles. The summed E-state index contributed by atoms with van der Waals surface area (Å²) in [7, 11) is -1.78. The van der Waals surface area contributed by atoms with Gasteiger partial charge in [-0.15, -0.1) is 0 Å². The highest BCUT2D eigenvalue weighted by atomic mass is 32.2. The summed E-state index contributed by atoms with van der Waals surface area (Å²) in [6.07, 6.45) is 1.03. The summed E-state index contributed by atoms with van der Waals surface area (Å²) < 4.78 is 27.6. The number of nitrogens with zero attached hydrogens (tertiary/aromatic N) is 2. The Bertz CT molecular complexity index is 1050. The van der Waals surface area contributed by atoms with E-state index in [1.165, 1.54) is 9.87 Å². The smallest absolute Gasteiger partial charge is 0.242 e. The summed E-state index contributed by atoms with van der Waals surface area (Å²) in [5.74, 6) is 0.365. The first-order valence-electron chi connectivity index (χ1n) is 9.74. The second kappa shape index (κ2) is 8.03. The van der Waals surface area contributed by atoms with Gasteiger partial charge in [-0.25, -0.2) is 12.7 Å². The molecule has 1 aliphatic rings. The standard InChI is InChI=1S/C23H26N2O2S/c1-24(16-20-13-14-25(18-20)17-19-7-3-2-4-8-19)28(26,27)23-12-11-21-9-5-6-10-22(21)15-23/h2-12,15,20H,13-14,16-18H2,1H3/t20-/m0/s1. The molecule has 0 saturated carbocycles. The van der Waals surface area contributed by atoms with E-state index < -0.39 is 10.0 Å². The van der Waals surface area contributed by atoms with Gasteiger partial charge in [-0.1, -0.05) is 60.7 Å². The number of hydrogen-bond acceptors (Lipinski definition) is 3. The van der Waals surface area contributed by atoms with Crippen molar-refractivity contribution in [3.05, 3.63) is 78.4 Å². The van der Waals surface area contributed by atoms with E-state index in [1.54, 1.807) is 19.2 Å². The second-order valence-corrected chi connectivity index (χ2v) is 9.71. The van der Waals surface area contributed by atoms with Gasteiger partial charge in [0.25, 0.3) is 0 Å². The Morgan fingerprint density at radius 1 is 0.964 bits per heavy atom. The molecule has 5 heteroatoms. The van der Waals surface area contributed by atoms with Crippen LogP contribution in [0.15, 0.2) is 77.7 Å². The topological polar surface area (TPSA) is 40.6 Å². The summed E-state index contributed by atoms with van der Waals surface area (Å²) in [4.78, 5) is 2.78. The molecule has 0 bridgehead atoms. The third-order valence-corrected chi connectivity index (χ3v) is 7.38. The largest absolute Gasteiger partial charge is 0.299 e. The average Bonchev–Trinajstić information content (AvgIpc) is 3.15. The lowest BCUT2D eigenvalue weighted by atomic mass is 10.1. The van der Waals surface area contributed by atoms with Gasteiger partial charge in [0.2, 0.25) is 10.0 Å². The molecule has 0 unspecified atom stereocenters. The maximum atomic E-state index is 13.0. The fourth-order valence-corrected chi connectivity index (χ4v) is 5.30. The van der Waals surface area contributed by atoms with Crippen LogP contribution in [0.25, 0.3) is 10.8 Å². The molecule has 0 spiro atoms. The van der Waals surface area contributed by atoms with Crippen LogP contribution in [0.2, 0.25) is 0 Å². The summed E-state index contributed by atoms with van der Waals surface area (Å²) in [6, 6.07) is 23.7. The third kappa shape index (κ3) is 4.12. The van der Waals surface area contributed by atoms with Gasteiger partial charge < -0.3 is 0 Å². The molecule has 1 heterocycles. The molecule has 146 valence electrons. The van der Waals surface area contributed by atoms with Crippen LogP contribution in [0.3, 0.4) is 0 Å². The van der Waals surface area contributed by atoms with Crippen molar-refractivity contribution in [2.24, 2.45) is 5.92 Å². The Labute approximate surface area is 167 Å². The van der Waals surface area contributed by atoms with Gasteiger partial charge in [0, 0.05) is 26.7 Å². The minimum atomic E-state index is -3.48. The lowest BCUT2D eigenvalue weighted by Crippen LogP contribution is -2.33. The molecule has 28 heavy (non-hydrogen) atoms. The molecule has 1 saturated heterocycles. The highest BCUT2D eigenvalue weighted by Crippen LogP contribution is 2.24. The van der Waals surface area contributed by atoms with Crippen molar-refractivity contribution in [1.29, 1.82) is 0 Å². The molecule has 1 atom stereocenters. The molecule has 3 aromatic rings. The molecule has 0 radical (unpaired) electrons. The van der Waals surface area contributed by atoms with Crippen molar-refractivity contribution in [1.82, 2.24) is 9.21 Å². The zero-order valence-corrected chi connectivity index (χ0v) is 17.0. The lowest BCUT2D eigenvalue weighted by molar-refractivity contribution is 0.304. The van der Waals surface area contributed by atoms with Crippen molar-refractivity contribution >= 4 is 20.8 Å². The van der Waals surface area contributed by atoms with Crippen LogP contribution in [-0.2, 0) is 16.6 Å². The van der Waals surface area contributed by atoms with Crippen LogP contribution in [0.5, 0.6) is 0 Å². The molecule has 3 aromatic carbocycles. The SMILES string of the molecule is CN(C[C@@H]1CCN(Cc2ccccc2)C1)S(=O)(=O)c1ccc2ccccc2c1. The van der Waals surface area contributed by atoms with Crippen LogP contribution in [0.4, 0.5) is 0 Å². The summed E-state index contributed by atoms with van der Waals surface area (Å²) in [5, 5.41) is 2.00. The Morgan fingerprint density at radius 3 is 2.46 bits per heavy atom. The van der Waals surface area contributed by atoms with E-state index >= 15 is 0 Å². The first-order valence-corrected chi connectivity index (χ1v) is 11.2. The predicted molar refractivity (Wildman–Crippen MR) is 114 cm³/mol. The maximum absolute atomic E-state index is 13.0. The molecular weight excluding hydrogens is 368 g/mol. The Morgan fingerprint density at radius 2 is 1.68 bits per heavy atom. The third-order valence-electron chi connectivity index (χ3n) is 5.56. The second-order valence-electron chi connectivity index (χ2n) is 7.67. The van der Waals surface area contributed by atoms with Crippen molar-refractivity contribution in [3.63, 3.8) is 0 Å². The van der Waals surface area contributed by atoms with E-state index in [-0.39, 0.29) is 0 Å². The minimum Gasteiger partial charge on any atom is -0.299 e. The van der Waals surface area contributed by atoms with Gasteiger partial charge in [0.15, 0.2) is 0 Å². The Kier molecular flexibility index (Phi) is 5.49. The van der Waals surface area contributed by atoms with Gasteiger partial charge in [-0.3, -0.25) is 4.90 Å². The van der Waals surface area contributed by atoms with Crippen molar-refractivity contribution in [2.75, 3.05) is 26.7 Å². The molecule has 0 amide bonds. The molecule has 1 fully saturated rings. The highest BCUT2D eigenvalue weighted by molar-refractivity contribution is 7.89. The predicted octanol–water partition coefficient (Wildman–Crippen LogP) is 3.98. The average molecular weight is 395 g/mol. The van der Waals surface area contributed by atoms with E-state index in [4.69, 9.17) is 0 Å². The van der Waals surface area contributed by atoms with E-state index in [1.807, 2.05) is 36.4 Å². The number of rotatable bonds is 6. The van der Waals surface area contributed by atoms with Crippen molar-refractivity contribution in [3.8, 4) is 0 Å². The van der Waals surface area contributed by atoms with Gasteiger partial charge in [0.05, 0.1) is 4.90 Å². The number of hydrogen-bond donors (Lipinski definition) is 0. The summed E-state index contributed by atoms with van der Waals surface area (Å²) >= 11 is 0. The van der Waals surface area contributed by atoms with E-state index in [2.05, 4.69) is 29.2 Å². The fourth-order valence-electron chi connectivity index (χ4n) is 4.02. The van der Waals surface area contributed by atoms with Gasteiger partial charge in [-0.2, -0.15) is 0 Å². The van der Waals surface area contributed by atoms with E-state index in [9.17, 15) is 8.42 Å². The van der Waals surface area contributed by atoms with Crippen LogP contribution in [-0.4, -0.2) is 44.3 Å². The quantitative estimate of drug-likeness (QED) is 0.635. The monoisotopic (exact) mass is 394 g/mol. The number of benzene rings is 3. The normalized spacial score (nSPS) is 18.1. The first-order chi connectivity index (χ1) is 13.5. The highest BCUT2D eigenvalue weighted by Gasteiger charge is 2.28. The fraction of sp³-hybridized carbons (Fsp3) is 0.304. The Balaban J connectivity index is 1.41. The molecule has 4 nitrogen and oxygen atoms in total.